The Hall–Kier alpha value is -2.25. The van der Waals surface area contributed by atoms with Gasteiger partial charge in [-0.05, 0) is 37.5 Å². The first-order chi connectivity index (χ1) is 12.9. The van der Waals surface area contributed by atoms with E-state index in [1.807, 2.05) is 6.92 Å². The summed E-state index contributed by atoms with van der Waals surface area (Å²) in [5, 5.41) is 9.01. The summed E-state index contributed by atoms with van der Waals surface area (Å²) < 4.78 is 37.8. The third kappa shape index (κ3) is 7.48. The van der Waals surface area contributed by atoms with Gasteiger partial charge in [0.25, 0.3) is 0 Å². The number of hydrogen-bond acceptors (Lipinski definition) is 2. The van der Waals surface area contributed by atoms with Crippen LogP contribution in [0.15, 0.2) is 29.3 Å². The lowest BCUT2D eigenvalue weighted by atomic mass is 9.95. The number of nitrogens with one attached hydrogen (secondary N) is 3. The normalized spacial score (nSPS) is 16.1. The molecule has 3 N–H and O–H groups in total. The van der Waals surface area contributed by atoms with Gasteiger partial charge in [-0.15, -0.1) is 0 Å². The molecule has 0 bridgehead atoms. The van der Waals surface area contributed by atoms with Crippen LogP contribution in [0.5, 0.6) is 0 Å². The number of hydrogen-bond donors (Lipinski definition) is 3. The number of halogens is 3. The minimum atomic E-state index is -4.34. The highest BCUT2D eigenvalue weighted by Gasteiger charge is 2.29. The van der Waals surface area contributed by atoms with Crippen molar-refractivity contribution in [1.82, 2.24) is 16.0 Å². The molecule has 1 aliphatic carbocycles. The van der Waals surface area contributed by atoms with Crippen LogP contribution in [0.4, 0.5) is 13.2 Å². The molecule has 1 amide bonds. The van der Waals surface area contributed by atoms with E-state index in [0.717, 1.165) is 37.8 Å². The summed E-state index contributed by atoms with van der Waals surface area (Å²) in [7, 11) is 0. The van der Waals surface area contributed by atoms with Crippen LogP contribution >= 0.6 is 0 Å². The second kappa shape index (κ2) is 10.2. The molecule has 1 saturated carbocycles. The molecule has 0 spiro atoms. The molecule has 0 heterocycles. The fourth-order valence-corrected chi connectivity index (χ4v) is 3.00. The van der Waals surface area contributed by atoms with E-state index >= 15 is 0 Å². The van der Waals surface area contributed by atoms with Gasteiger partial charge >= 0.3 is 6.18 Å². The van der Waals surface area contributed by atoms with Crippen molar-refractivity contribution in [3.05, 3.63) is 35.4 Å². The van der Waals surface area contributed by atoms with Gasteiger partial charge in [0, 0.05) is 12.6 Å². The topological polar surface area (TPSA) is 65.5 Å². The van der Waals surface area contributed by atoms with E-state index in [9.17, 15) is 18.0 Å². The molecule has 1 fully saturated rings. The fraction of sp³-hybridized carbons (Fsp3) is 0.579. The number of benzene rings is 1. The summed E-state index contributed by atoms with van der Waals surface area (Å²) in [4.78, 5) is 16.4. The monoisotopic (exact) mass is 384 g/mol. The van der Waals surface area contributed by atoms with Crippen molar-refractivity contribution < 1.29 is 18.0 Å². The average molecular weight is 384 g/mol. The van der Waals surface area contributed by atoms with E-state index in [2.05, 4.69) is 20.9 Å². The van der Waals surface area contributed by atoms with Crippen molar-refractivity contribution in [2.75, 3.05) is 13.1 Å². The minimum Gasteiger partial charge on any atom is -0.357 e. The lowest BCUT2D eigenvalue weighted by Gasteiger charge is -2.23. The van der Waals surface area contributed by atoms with Gasteiger partial charge in [0.05, 0.1) is 18.7 Å². The molecule has 0 aliphatic heterocycles. The Morgan fingerprint density at radius 3 is 2.37 bits per heavy atom. The number of aliphatic imine (C=N–C) groups is 1. The average Bonchev–Trinajstić information content (AvgIpc) is 2.64. The minimum absolute atomic E-state index is 0.0815. The van der Waals surface area contributed by atoms with Gasteiger partial charge in [-0.25, -0.2) is 4.99 Å². The molecule has 27 heavy (non-hydrogen) atoms. The number of carbonyl (C=O) groups is 1. The summed E-state index contributed by atoms with van der Waals surface area (Å²) in [6.07, 6.45) is 1.22. The number of nitrogens with zero attached hydrogens (tertiary/aromatic N) is 1. The molecule has 5 nitrogen and oxygen atoms in total. The van der Waals surface area contributed by atoms with Gasteiger partial charge in [0.1, 0.15) is 0 Å². The molecule has 0 unspecified atom stereocenters. The van der Waals surface area contributed by atoms with Crippen LogP contribution in [0.25, 0.3) is 0 Å². The first-order valence-electron chi connectivity index (χ1n) is 9.36. The molecule has 150 valence electrons. The first-order valence-corrected chi connectivity index (χ1v) is 9.36. The van der Waals surface area contributed by atoms with Crippen molar-refractivity contribution in [2.24, 2.45) is 4.99 Å². The highest BCUT2D eigenvalue weighted by Crippen LogP contribution is 2.29. The van der Waals surface area contributed by atoms with Crippen LogP contribution in [-0.4, -0.2) is 31.0 Å². The molecular weight excluding hydrogens is 357 g/mol. The fourth-order valence-electron chi connectivity index (χ4n) is 3.00. The van der Waals surface area contributed by atoms with Gasteiger partial charge in [-0.2, -0.15) is 13.2 Å². The zero-order valence-electron chi connectivity index (χ0n) is 15.5. The van der Waals surface area contributed by atoms with E-state index in [-0.39, 0.29) is 25.0 Å². The van der Waals surface area contributed by atoms with E-state index in [4.69, 9.17) is 0 Å². The molecule has 0 aromatic heterocycles. The van der Waals surface area contributed by atoms with E-state index < -0.39 is 11.7 Å². The Bertz CT molecular complexity index is 623. The Morgan fingerprint density at radius 1 is 1.11 bits per heavy atom. The van der Waals surface area contributed by atoms with Gasteiger partial charge in [0.2, 0.25) is 5.91 Å². The number of guanidine groups is 1. The molecule has 1 aliphatic rings. The van der Waals surface area contributed by atoms with Gasteiger partial charge in [-0.3, -0.25) is 4.79 Å². The van der Waals surface area contributed by atoms with Crippen LogP contribution in [-0.2, 0) is 17.5 Å². The Labute approximate surface area is 157 Å². The second-order valence-electron chi connectivity index (χ2n) is 6.65. The van der Waals surface area contributed by atoms with Crippen LogP contribution in [0, 0.1) is 0 Å². The van der Waals surface area contributed by atoms with Crippen LogP contribution in [0.3, 0.4) is 0 Å². The zero-order valence-corrected chi connectivity index (χ0v) is 15.5. The summed E-state index contributed by atoms with van der Waals surface area (Å²) in [6.45, 7) is 2.84. The summed E-state index contributed by atoms with van der Waals surface area (Å²) in [5.41, 5.74) is -0.0218. The molecule has 8 heteroatoms. The molecular formula is C19H27F3N4O. The highest BCUT2D eigenvalue weighted by atomic mass is 19.4. The summed E-state index contributed by atoms with van der Waals surface area (Å²) in [5.74, 6) is 0.373. The number of rotatable bonds is 6. The number of carbonyl (C=O) groups excluding carboxylic acids is 1. The van der Waals surface area contributed by atoms with Gasteiger partial charge in [0.15, 0.2) is 5.96 Å². The van der Waals surface area contributed by atoms with Crippen molar-refractivity contribution >= 4 is 11.9 Å². The molecule has 0 radical (unpaired) electrons. The SMILES string of the molecule is CCNC(=NCc1ccc(C(F)(F)F)cc1)NCC(=O)NC1CCCCC1. The molecule has 0 atom stereocenters. The van der Waals surface area contributed by atoms with E-state index in [1.165, 1.54) is 18.6 Å². The van der Waals surface area contributed by atoms with E-state index in [1.54, 1.807) is 0 Å². The Kier molecular flexibility index (Phi) is 7.94. The van der Waals surface area contributed by atoms with Crippen LogP contribution in [0.1, 0.15) is 50.2 Å². The smallest absolute Gasteiger partial charge is 0.357 e. The summed E-state index contributed by atoms with van der Waals surface area (Å²) in [6, 6.07) is 5.16. The molecule has 1 aromatic carbocycles. The maximum absolute atomic E-state index is 12.6. The first kappa shape index (κ1) is 21.1. The van der Waals surface area contributed by atoms with Gasteiger partial charge < -0.3 is 16.0 Å². The Balaban J connectivity index is 1.85. The molecule has 2 rings (SSSR count). The number of alkyl halides is 3. The largest absolute Gasteiger partial charge is 0.416 e. The van der Waals surface area contributed by atoms with Crippen molar-refractivity contribution in [3.63, 3.8) is 0 Å². The summed E-state index contributed by atoms with van der Waals surface area (Å²) >= 11 is 0. The maximum atomic E-state index is 12.6. The van der Waals surface area contributed by atoms with Crippen LogP contribution < -0.4 is 16.0 Å². The predicted octanol–water partition coefficient (Wildman–Crippen LogP) is 3.21. The van der Waals surface area contributed by atoms with E-state index in [0.29, 0.717) is 18.1 Å². The number of amides is 1. The third-order valence-corrected chi connectivity index (χ3v) is 4.43. The molecule has 1 aromatic rings. The van der Waals surface area contributed by atoms with Crippen molar-refractivity contribution in [3.8, 4) is 0 Å². The van der Waals surface area contributed by atoms with Crippen LogP contribution in [0.2, 0.25) is 0 Å². The maximum Gasteiger partial charge on any atom is 0.416 e. The molecule has 0 saturated heterocycles. The Morgan fingerprint density at radius 2 is 1.78 bits per heavy atom. The lowest BCUT2D eigenvalue weighted by Crippen LogP contribution is -2.46. The third-order valence-electron chi connectivity index (χ3n) is 4.43. The van der Waals surface area contributed by atoms with Crippen molar-refractivity contribution in [1.29, 1.82) is 0 Å². The standard InChI is InChI=1S/C19H27F3N4O/c1-2-23-18(25-13-17(27)26-16-6-4-3-5-7-16)24-12-14-8-10-15(11-9-14)19(20,21)22/h8-11,16H,2-7,12-13H2,1H3,(H,26,27)(H2,23,24,25). The lowest BCUT2D eigenvalue weighted by molar-refractivity contribution is -0.137. The predicted molar refractivity (Wildman–Crippen MR) is 99.3 cm³/mol. The van der Waals surface area contributed by atoms with Gasteiger partial charge in [-0.1, -0.05) is 31.4 Å². The highest BCUT2D eigenvalue weighted by molar-refractivity contribution is 5.86. The van der Waals surface area contributed by atoms with Crippen molar-refractivity contribution in [2.45, 2.75) is 57.8 Å². The quantitative estimate of drug-likeness (QED) is 0.521. The second-order valence-corrected chi connectivity index (χ2v) is 6.65. The zero-order chi connectivity index (χ0) is 19.7.